The summed E-state index contributed by atoms with van der Waals surface area (Å²) in [6, 6.07) is 14.9. The molecule has 1 heterocycles. The molecule has 0 saturated carbocycles. The van der Waals surface area contributed by atoms with E-state index in [1.807, 2.05) is 13.0 Å². The van der Waals surface area contributed by atoms with Gasteiger partial charge >= 0.3 is 0 Å². The number of ketones is 1. The topological polar surface area (TPSA) is 83.2 Å². The van der Waals surface area contributed by atoms with E-state index in [1.165, 1.54) is 18.5 Å². The Kier molecular flexibility index (Phi) is 5.08. The number of carbonyl (C=O) groups excluding carboxylic acids is 1. The zero-order valence-electron chi connectivity index (χ0n) is 15.7. The third-order valence-electron chi connectivity index (χ3n) is 4.25. The Hall–Kier alpha value is -3.37. The maximum atomic E-state index is 13.0. The van der Waals surface area contributed by atoms with Crippen LogP contribution in [-0.2, 0) is 10.0 Å². The maximum absolute atomic E-state index is 13.0. The number of nitrogens with zero attached hydrogens (tertiary/aromatic N) is 3. The highest BCUT2D eigenvalue weighted by Gasteiger charge is 2.20. The first kappa shape index (κ1) is 19.4. The summed E-state index contributed by atoms with van der Waals surface area (Å²) in [5.74, 6) is -0.460. The van der Waals surface area contributed by atoms with Crippen molar-refractivity contribution < 1.29 is 13.2 Å². The Morgan fingerprint density at radius 2 is 1.79 bits per heavy atom. The van der Waals surface area contributed by atoms with Crippen LogP contribution in [0.15, 0.2) is 71.4 Å². The number of carbonyl (C=O) groups is 1. The van der Waals surface area contributed by atoms with Crippen LogP contribution in [0.1, 0.15) is 15.9 Å². The van der Waals surface area contributed by atoms with E-state index in [4.69, 9.17) is 0 Å². The zero-order valence-corrected chi connectivity index (χ0v) is 16.6. The number of fused-ring (bicyclic) bond motifs is 1. The second kappa shape index (κ2) is 7.33. The van der Waals surface area contributed by atoms with E-state index >= 15 is 0 Å². The smallest absolute Gasteiger partial charge is 0.268 e. The second-order valence-corrected chi connectivity index (χ2v) is 8.47. The van der Waals surface area contributed by atoms with E-state index in [1.54, 1.807) is 61.5 Å². The first-order valence-corrected chi connectivity index (χ1v) is 9.94. The molecule has 3 rings (SSSR count). The molecule has 0 saturated heterocycles. The molecule has 0 aliphatic rings. The molecular weight excluding hydrogens is 374 g/mol. The molecule has 0 radical (unpaired) electrons. The van der Waals surface area contributed by atoms with E-state index in [0.29, 0.717) is 10.9 Å². The van der Waals surface area contributed by atoms with Gasteiger partial charge < -0.3 is 4.90 Å². The zero-order chi connectivity index (χ0) is 20.5. The normalized spacial score (nSPS) is 12.0. The molecule has 1 aromatic heterocycles. The van der Waals surface area contributed by atoms with Gasteiger partial charge in [0.05, 0.1) is 10.4 Å². The number of benzene rings is 2. The third-order valence-corrected chi connectivity index (χ3v) is 5.95. The summed E-state index contributed by atoms with van der Waals surface area (Å²) < 4.78 is 27.2. The van der Waals surface area contributed by atoms with Gasteiger partial charge in [-0.2, -0.15) is 5.26 Å². The lowest BCUT2D eigenvalue weighted by atomic mass is 10.0. The molecule has 0 atom stereocenters. The van der Waals surface area contributed by atoms with Gasteiger partial charge in [-0.05, 0) is 31.2 Å². The molecule has 0 aliphatic carbocycles. The van der Waals surface area contributed by atoms with Crippen molar-refractivity contribution in [1.82, 2.24) is 8.87 Å². The highest BCUT2D eigenvalue weighted by atomic mass is 32.2. The molecule has 2 aromatic carbocycles. The summed E-state index contributed by atoms with van der Waals surface area (Å²) in [4.78, 5) is 14.4. The minimum Gasteiger partial charge on any atom is -0.382 e. The van der Waals surface area contributed by atoms with E-state index < -0.39 is 15.8 Å². The van der Waals surface area contributed by atoms with Gasteiger partial charge in [0.25, 0.3) is 10.0 Å². The summed E-state index contributed by atoms with van der Waals surface area (Å²) in [5.41, 5.74) is 1.57. The fourth-order valence-electron chi connectivity index (χ4n) is 2.83. The van der Waals surface area contributed by atoms with Crippen LogP contribution in [0.25, 0.3) is 10.9 Å². The van der Waals surface area contributed by atoms with Crippen LogP contribution in [-0.4, -0.2) is 37.2 Å². The van der Waals surface area contributed by atoms with Gasteiger partial charge in [0.1, 0.15) is 11.6 Å². The van der Waals surface area contributed by atoms with Crippen LogP contribution >= 0.6 is 0 Å². The highest BCUT2D eigenvalue weighted by Crippen LogP contribution is 2.24. The largest absolute Gasteiger partial charge is 0.382 e. The molecule has 0 spiro atoms. The van der Waals surface area contributed by atoms with Crippen molar-refractivity contribution in [2.75, 3.05) is 14.1 Å². The summed E-state index contributed by atoms with van der Waals surface area (Å²) in [5, 5.41) is 9.95. The van der Waals surface area contributed by atoms with Crippen molar-refractivity contribution in [3.8, 4) is 6.07 Å². The molecule has 142 valence electrons. The predicted molar refractivity (Wildman–Crippen MR) is 107 cm³/mol. The summed E-state index contributed by atoms with van der Waals surface area (Å²) in [7, 11) is -0.378. The molecular formula is C21H19N3O3S. The number of aromatic nitrogens is 1. The Balaban J connectivity index is 2.12. The van der Waals surface area contributed by atoms with Crippen molar-refractivity contribution in [2.45, 2.75) is 11.8 Å². The standard InChI is InChI=1S/C21H19N3O3S/c1-15-4-8-19(9-5-15)28(26,27)24-11-10-16-6-7-17(12-20(16)24)21(25)18(13-22)14-23(2)3/h4-12,14H,1-3H3/b18-14+. The molecule has 3 aromatic rings. The van der Waals surface area contributed by atoms with E-state index in [-0.39, 0.29) is 16.0 Å². The number of hydrogen-bond donors (Lipinski definition) is 0. The van der Waals surface area contributed by atoms with Crippen molar-refractivity contribution in [3.63, 3.8) is 0 Å². The molecule has 28 heavy (non-hydrogen) atoms. The van der Waals surface area contributed by atoms with Crippen LogP contribution in [0.3, 0.4) is 0 Å². The number of allylic oxidation sites excluding steroid dienone is 1. The molecule has 0 unspecified atom stereocenters. The lowest BCUT2D eigenvalue weighted by molar-refractivity contribution is 0.103. The Labute approximate surface area is 164 Å². The van der Waals surface area contributed by atoms with Crippen molar-refractivity contribution in [3.05, 3.63) is 77.6 Å². The quantitative estimate of drug-likeness (QED) is 0.377. The number of nitriles is 1. The number of hydrogen-bond acceptors (Lipinski definition) is 5. The first-order chi connectivity index (χ1) is 13.2. The van der Waals surface area contributed by atoms with Crippen molar-refractivity contribution in [2.24, 2.45) is 0 Å². The van der Waals surface area contributed by atoms with Gasteiger partial charge in [-0.25, -0.2) is 12.4 Å². The average molecular weight is 393 g/mol. The monoisotopic (exact) mass is 393 g/mol. The lowest BCUT2D eigenvalue weighted by Gasteiger charge is -2.09. The Morgan fingerprint density at radius 1 is 1.11 bits per heavy atom. The second-order valence-electron chi connectivity index (χ2n) is 6.65. The molecule has 7 heteroatoms. The predicted octanol–water partition coefficient (Wildman–Crippen LogP) is 3.34. The SMILES string of the molecule is Cc1ccc(S(=O)(=O)n2ccc3ccc(C(=O)/C(C#N)=C/N(C)C)cc32)cc1. The van der Waals surface area contributed by atoms with Crippen LogP contribution in [0.4, 0.5) is 0 Å². The number of aryl methyl sites for hydroxylation is 1. The fourth-order valence-corrected chi connectivity index (χ4v) is 4.18. The molecule has 6 nitrogen and oxygen atoms in total. The molecule has 0 N–H and O–H groups in total. The highest BCUT2D eigenvalue weighted by molar-refractivity contribution is 7.90. The van der Waals surface area contributed by atoms with Gasteiger partial charge in [0.2, 0.25) is 5.78 Å². The van der Waals surface area contributed by atoms with Crippen molar-refractivity contribution in [1.29, 1.82) is 5.26 Å². The molecule has 0 amide bonds. The Bertz CT molecular complexity index is 1230. The first-order valence-electron chi connectivity index (χ1n) is 8.50. The third kappa shape index (κ3) is 3.55. The van der Waals surface area contributed by atoms with E-state index in [2.05, 4.69) is 0 Å². The van der Waals surface area contributed by atoms with E-state index in [0.717, 1.165) is 9.54 Å². The lowest BCUT2D eigenvalue weighted by Crippen LogP contribution is -2.12. The van der Waals surface area contributed by atoms with Crippen LogP contribution < -0.4 is 0 Å². The van der Waals surface area contributed by atoms with Gasteiger partial charge in [0.15, 0.2) is 0 Å². The maximum Gasteiger partial charge on any atom is 0.268 e. The minimum absolute atomic E-state index is 0.0242. The summed E-state index contributed by atoms with van der Waals surface area (Å²) >= 11 is 0. The van der Waals surface area contributed by atoms with Gasteiger partial charge in [0, 0.05) is 37.4 Å². The minimum atomic E-state index is -3.81. The summed E-state index contributed by atoms with van der Waals surface area (Å²) in [6.45, 7) is 1.88. The molecule has 0 bridgehead atoms. The van der Waals surface area contributed by atoms with Crippen LogP contribution in [0, 0.1) is 18.3 Å². The van der Waals surface area contributed by atoms with Crippen molar-refractivity contribution >= 4 is 26.7 Å². The van der Waals surface area contributed by atoms with Crippen LogP contribution in [0.2, 0.25) is 0 Å². The number of rotatable bonds is 5. The number of Topliss-reactive ketones (excluding diaryl/α,β-unsaturated/α-hetero) is 1. The molecule has 0 aliphatic heterocycles. The van der Waals surface area contributed by atoms with Gasteiger partial charge in [-0.1, -0.05) is 29.8 Å². The Morgan fingerprint density at radius 3 is 2.39 bits per heavy atom. The molecule has 0 fully saturated rings. The van der Waals surface area contributed by atoms with Gasteiger partial charge in [-0.15, -0.1) is 0 Å². The average Bonchev–Trinajstić information content (AvgIpc) is 3.09. The van der Waals surface area contributed by atoms with E-state index in [9.17, 15) is 18.5 Å². The fraction of sp³-hybridized carbons (Fsp3) is 0.143. The van der Waals surface area contributed by atoms with Crippen LogP contribution in [0.5, 0.6) is 0 Å². The summed E-state index contributed by atoms with van der Waals surface area (Å²) in [6.07, 6.45) is 2.91. The van der Waals surface area contributed by atoms with Gasteiger partial charge in [-0.3, -0.25) is 4.79 Å².